The zero-order valence-electron chi connectivity index (χ0n) is 13.9. The summed E-state index contributed by atoms with van der Waals surface area (Å²) in [6, 6.07) is 8.22. The van der Waals surface area contributed by atoms with Crippen LogP contribution in [-0.2, 0) is 0 Å². The van der Waals surface area contributed by atoms with Crippen LogP contribution in [0.5, 0.6) is 0 Å². The molecule has 1 aromatic rings. The first-order chi connectivity index (χ1) is 11.1. The first kappa shape index (κ1) is 17.2. The van der Waals surface area contributed by atoms with Crippen molar-refractivity contribution in [3.8, 4) is 0 Å². The maximum absolute atomic E-state index is 11.0. The molecule has 1 saturated carbocycles. The summed E-state index contributed by atoms with van der Waals surface area (Å²) in [5, 5.41) is 15.2. The van der Waals surface area contributed by atoms with E-state index in [4.69, 9.17) is 11.6 Å². The van der Waals surface area contributed by atoms with E-state index in [2.05, 4.69) is 22.3 Å². The van der Waals surface area contributed by atoms with Crippen LogP contribution in [0, 0.1) is 0 Å². The molecule has 0 aromatic heterocycles. The molecule has 1 unspecified atom stereocenters. The predicted octanol–water partition coefficient (Wildman–Crippen LogP) is 3.41. The van der Waals surface area contributed by atoms with Gasteiger partial charge in [0.1, 0.15) is 0 Å². The van der Waals surface area contributed by atoms with Crippen LogP contribution in [0.1, 0.15) is 50.0 Å². The van der Waals surface area contributed by atoms with Gasteiger partial charge >= 0.3 is 0 Å². The average Bonchev–Trinajstić information content (AvgIpc) is 2.56. The van der Waals surface area contributed by atoms with Crippen molar-refractivity contribution in [2.75, 3.05) is 32.7 Å². The fraction of sp³-hybridized carbons (Fsp3) is 0.684. The molecule has 1 aliphatic carbocycles. The molecule has 1 atom stereocenters. The normalized spacial score (nSPS) is 23.6. The Hall–Kier alpha value is -0.610. The maximum Gasteiger partial charge on any atom is 0.0654 e. The number of hydrogen-bond acceptors (Lipinski definition) is 3. The summed E-state index contributed by atoms with van der Waals surface area (Å²) in [6.45, 7) is 5.33. The van der Waals surface area contributed by atoms with Crippen molar-refractivity contribution in [3.05, 3.63) is 34.9 Å². The summed E-state index contributed by atoms with van der Waals surface area (Å²) in [6.07, 6.45) is 6.34. The van der Waals surface area contributed by atoms with Crippen molar-refractivity contribution in [1.29, 1.82) is 0 Å². The number of nitrogens with one attached hydrogen (secondary N) is 1. The van der Waals surface area contributed by atoms with Gasteiger partial charge in [0, 0.05) is 37.7 Å². The monoisotopic (exact) mass is 336 g/mol. The number of nitrogens with zero attached hydrogens (tertiary/aromatic N) is 1. The Labute approximate surface area is 145 Å². The Morgan fingerprint density at radius 3 is 2.61 bits per heavy atom. The van der Waals surface area contributed by atoms with Gasteiger partial charge in [-0.1, -0.05) is 43.0 Å². The summed E-state index contributed by atoms with van der Waals surface area (Å²) in [5.74, 6) is 0.356. The number of aliphatic hydroxyl groups is 1. The van der Waals surface area contributed by atoms with E-state index in [0.29, 0.717) is 5.92 Å². The maximum atomic E-state index is 11.0. The van der Waals surface area contributed by atoms with Crippen molar-refractivity contribution in [1.82, 2.24) is 10.2 Å². The van der Waals surface area contributed by atoms with Gasteiger partial charge in [-0.2, -0.15) is 0 Å². The first-order valence-corrected chi connectivity index (χ1v) is 9.43. The molecule has 1 aromatic carbocycles. The fourth-order valence-electron chi connectivity index (χ4n) is 4.13. The van der Waals surface area contributed by atoms with Gasteiger partial charge in [-0.3, -0.25) is 0 Å². The van der Waals surface area contributed by atoms with E-state index in [9.17, 15) is 5.11 Å². The topological polar surface area (TPSA) is 35.5 Å². The molecule has 3 nitrogen and oxygen atoms in total. The lowest BCUT2D eigenvalue weighted by molar-refractivity contribution is -0.0128. The smallest absolute Gasteiger partial charge is 0.0654 e. The molecule has 0 bridgehead atoms. The summed E-state index contributed by atoms with van der Waals surface area (Å²) < 4.78 is 0. The van der Waals surface area contributed by atoms with Gasteiger partial charge in [0.2, 0.25) is 0 Å². The van der Waals surface area contributed by atoms with E-state index in [1.807, 2.05) is 12.1 Å². The van der Waals surface area contributed by atoms with Gasteiger partial charge in [-0.05, 0) is 42.9 Å². The van der Waals surface area contributed by atoms with Crippen molar-refractivity contribution in [3.63, 3.8) is 0 Å². The molecule has 2 N–H and O–H groups in total. The third kappa shape index (κ3) is 4.93. The molecule has 128 valence electrons. The summed E-state index contributed by atoms with van der Waals surface area (Å²) >= 11 is 6.22. The van der Waals surface area contributed by atoms with Crippen molar-refractivity contribution in [2.45, 2.75) is 50.0 Å². The summed E-state index contributed by atoms with van der Waals surface area (Å²) in [4.78, 5) is 2.52. The zero-order chi connectivity index (χ0) is 16.1. The minimum Gasteiger partial charge on any atom is -0.390 e. The Morgan fingerprint density at radius 1 is 1.17 bits per heavy atom. The van der Waals surface area contributed by atoms with E-state index in [1.165, 1.54) is 12.0 Å². The lowest BCUT2D eigenvalue weighted by Crippen LogP contribution is -2.46. The minimum atomic E-state index is -0.487. The van der Waals surface area contributed by atoms with E-state index in [1.54, 1.807) is 0 Å². The van der Waals surface area contributed by atoms with Crippen LogP contribution in [0.4, 0.5) is 0 Å². The number of halogens is 1. The molecule has 2 fully saturated rings. The highest BCUT2D eigenvalue weighted by Crippen LogP contribution is 2.37. The Kier molecular flexibility index (Phi) is 5.97. The van der Waals surface area contributed by atoms with Crippen LogP contribution in [-0.4, -0.2) is 48.3 Å². The molecule has 0 amide bonds. The fourth-order valence-corrected chi connectivity index (χ4v) is 4.33. The Morgan fingerprint density at radius 2 is 1.91 bits per heavy atom. The van der Waals surface area contributed by atoms with Crippen LogP contribution in [0.3, 0.4) is 0 Å². The standard InChI is InChI=1S/C19H29ClN2O/c20-18-6-4-5-16(13-18)17(15-22-11-9-21-10-12-22)14-19(23)7-2-1-3-8-19/h4-6,13,17,21,23H,1-3,7-12,14-15H2. The van der Waals surface area contributed by atoms with Crippen LogP contribution in [0.2, 0.25) is 5.02 Å². The lowest BCUT2D eigenvalue weighted by atomic mass is 9.77. The third-order valence-corrected chi connectivity index (χ3v) is 5.65. The van der Waals surface area contributed by atoms with Gasteiger partial charge in [0.15, 0.2) is 0 Å². The number of hydrogen-bond donors (Lipinski definition) is 2. The van der Waals surface area contributed by atoms with Crippen LogP contribution < -0.4 is 5.32 Å². The molecule has 3 rings (SSSR count). The number of rotatable bonds is 5. The SMILES string of the molecule is OC1(CC(CN2CCNCC2)c2cccc(Cl)c2)CCCCC1. The molecule has 23 heavy (non-hydrogen) atoms. The van der Waals surface area contributed by atoms with Gasteiger partial charge < -0.3 is 15.3 Å². The highest BCUT2D eigenvalue weighted by Gasteiger charge is 2.33. The molecule has 2 aliphatic rings. The number of benzene rings is 1. The summed E-state index contributed by atoms with van der Waals surface area (Å²) in [7, 11) is 0. The van der Waals surface area contributed by atoms with Crippen LogP contribution >= 0.6 is 11.6 Å². The van der Waals surface area contributed by atoms with Gasteiger partial charge in [-0.15, -0.1) is 0 Å². The molecular weight excluding hydrogens is 308 g/mol. The first-order valence-electron chi connectivity index (χ1n) is 9.06. The molecule has 1 aliphatic heterocycles. The van der Waals surface area contributed by atoms with Crippen molar-refractivity contribution >= 4 is 11.6 Å². The summed E-state index contributed by atoms with van der Waals surface area (Å²) in [5.41, 5.74) is 0.786. The Bertz CT molecular complexity index is 496. The lowest BCUT2D eigenvalue weighted by Gasteiger charge is -2.38. The second-order valence-corrected chi connectivity index (χ2v) is 7.73. The highest BCUT2D eigenvalue weighted by molar-refractivity contribution is 6.30. The van der Waals surface area contributed by atoms with Gasteiger partial charge in [0.25, 0.3) is 0 Å². The largest absolute Gasteiger partial charge is 0.390 e. The van der Waals surface area contributed by atoms with E-state index >= 15 is 0 Å². The molecule has 4 heteroatoms. The molecule has 0 spiro atoms. The van der Waals surface area contributed by atoms with Crippen molar-refractivity contribution < 1.29 is 5.11 Å². The van der Waals surface area contributed by atoms with Gasteiger partial charge in [0.05, 0.1) is 5.60 Å². The average molecular weight is 337 g/mol. The quantitative estimate of drug-likeness (QED) is 0.865. The van der Waals surface area contributed by atoms with Gasteiger partial charge in [-0.25, -0.2) is 0 Å². The minimum absolute atomic E-state index is 0.356. The van der Waals surface area contributed by atoms with E-state index < -0.39 is 5.60 Å². The predicted molar refractivity (Wildman–Crippen MR) is 96.2 cm³/mol. The zero-order valence-corrected chi connectivity index (χ0v) is 14.7. The van der Waals surface area contributed by atoms with Crippen molar-refractivity contribution in [2.24, 2.45) is 0 Å². The second kappa shape index (κ2) is 7.98. The highest BCUT2D eigenvalue weighted by atomic mass is 35.5. The molecule has 1 heterocycles. The molecule has 0 radical (unpaired) electrons. The Balaban J connectivity index is 1.74. The van der Waals surface area contributed by atoms with Crippen LogP contribution in [0.15, 0.2) is 24.3 Å². The van der Waals surface area contributed by atoms with E-state index in [0.717, 1.165) is 69.9 Å². The molecule has 1 saturated heterocycles. The second-order valence-electron chi connectivity index (χ2n) is 7.29. The number of piperazine rings is 1. The van der Waals surface area contributed by atoms with E-state index in [-0.39, 0.29) is 0 Å². The van der Waals surface area contributed by atoms with Crippen LogP contribution in [0.25, 0.3) is 0 Å². The molecular formula is C19H29ClN2O. The third-order valence-electron chi connectivity index (χ3n) is 5.42.